The van der Waals surface area contributed by atoms with E-state index in [-0.39, 0.29) is 6.10 Å². The summed E-state index contributed by atoms with van der Waals surface area (Å²) < 4.78 is 11.9. The molecule has 33 heavy (non-hydrogen) atoms. The predicted octanol–water partition coefficient (Wildman–Crippen LogP) is 6.03. The number of halogens is 2. The fourth-order valence-corrected chi connectivity index (χ4v) is 4.07. The molecule has 4 rings (SSSR count). The summed E-state index contributed by atoms with van der Waals surface area (Å²) in [6, 6.07) is 19.8. The van der Waals surface area contributed by atoms with Gasteiger partial charge in [-0.2, -0.15) is 5.26 Å². The van der Waals surface area contributed by atoms with E-state index in [1.165, 1.54) is 0 Å². The van der Waals surface area contributed by atoms with Crippen LogP contribution in [0.5, 0.6) is 5.75 Å². The van der Waals surface area contributed by atoms with Crippen LogP contribution in [-0.4, -0.2) is 35.2 Å². The zero-order valence-electron chi connectivity index (χ0n) is 17.7. The molecule has 1 aliphatic rings. The van der Waals surface area contributed by atoms with Crippen LogP contribution < -0.4 is 4.74 Å². The SMILES string of the molecule is N#Cc1cccc(OC(=O)N2CCC(OC(c3ccc(Cl)cc3)c3cccnc3Cl)CC2)c1. The second kappa shape index (κ2) is 10.7. The average molecular weight is 482 g/mol. The van der Waals surface area contributed by atoms with Crippen molar-refractivity contribution in [3.05, 3.63) is 93.7 Å². The van der Waals surface area contributed by atoms with E-state index in [1.807, 2.05) is 42.5 Å². The van der Waals surface area contributed by atoms with Crippen LogP contribution in [0.2, 0.25) is 10.2 Å². The van der Waals surface area contributed by atoms with E-state index in [2.05, 4.69) is 4.98 Å². The van der Waals surface area contributed by atoms with Crippen molar-refractivity contribution in [2.45, 2.75) is 25.0 Å². The summed E-state index contributed by atoms with van der Waals surface area (Å²) in [5, 5.41) is 10.0. The lowest BCUT2D eigenvalue weighted by Crippen LogP contribution is -2.42. The monoisotopic (exact) mass is 481 g/mol. The Bertz CT molecular complexity index is 1160. The molecular formula is C25H21Cl2N3O3. The highest BCUT2D eigenvalue weighted by Crippen LogP contribution is 2.33. The molecule has 2 aromatic carbocycles. The van der Waals surface area contributed by atoms with Gasteiger partial charge in [0, 0.05) is 29.9 Å². The standard InChI is InChI=1S/C25H21Cl2N3O3/c26-19-8-6-18(7-9-19)23(22-5-2-12-29-24(22)27)32-20-10-13-30(14-11-20)25(31)33-21-4-1-3-17(15-21)16-28/h1-9,12,15,20,23H,10-11,13-14H2. The van der Waals surface area contributed by atoms with E-state index in [1.54, 1.807) is 35.4 Å². The zero-order valence-corrected chi connectivity index (χ0v) is 19.2. The summed E-state index contributed by atoms with van der Waals surface area (Å²) in [7, 11) is 0. The zero-order chi connectivity index (χ0) is 23.2. The molecular weight excluding hydrogens is 461 g/mol. The van der Waals surface area contributed by atoms with Gasteiger partial charge in [0.2, 0.25) is 0 Å². The minimum Gasteiger partial charge on any atom is -0.410 e. The van der Waals surface area contributed by atoms with Crippen LogP contribution in [0.1, 0.15) is 35.6 Å². The first-order chi connectivity index (χ1) is 16.0. The third-order valence-corrected chi connectivity index (χ3v) is 6.01. The first-order valence-corrected chi connectivity index (χ1v) is 11.3. The summed E-state index contributed by atoms with van der Waals surface area (Å²) >= 11 is 12.4. The molecule has 1 aromatic heterocycles. The number of ether oxygens (including phenoxy) is 2. The largest absolute Gasteiger partial charge is 0.415 e. The molecule has 1 fully saturated rings. The number of carbonyl (C=O) groups excluding carboxylic acids is 1. The molecule has 6 nitrogen and oxygen atoms in total. The van der Waals surface area contributed by atoms with Gasteiger partial charge in [0.1, 0.15) is 17.0 Å². The normalized spacial score (nSPS) is 15.0. The fraction of sp³-hybridized carbons (Fsp3) is 0.240. The lowest BCUT2D eigenvalue weighted by atomic mass is 10.0. The van der Waals surface area contributed by atoms with Crippen LogP contribution in [0.4, 0.5) is 4.79 Å². The molecule has 0 spiro atoms. The Morgan fingerprint density at radius 3 is 2.55 bits per heavy atom. The van der Waals surface area contributed by atoms with Gasteiger partial charge in [0.15, 0.2) is 0 Å². The number of benzene rings is 2. The highest BCUT2D eigenvalue weighted by molar-refractivity contribution is 6.30. The van der Waals surface area contributed by atoms with Gasteiger partial charge in [-0.15, -0.1) is 0 Å². The topological polar surface area (TPSA) is 75.5 Å². The first-order valence-electron chi connectivity index (χ1n) is 10.5. The Labute approximate surface area is 202 Å². The van der Waals surface area contributed by atoms with Crippen molar-refractivity contribution < 1.29 is 14.3 Å². The van der Waals surface area contributed by atoms with Gasteiger partial charge in [-0.3, -0.25) is 0 Å². The molecule has 3 aromatic rings. The lowest BCUT2D eigenvalue weighted by Gasteiger charge is -2.33. The Kier molecular flexibility index (Phi) is 7.46. The molecule has 1 saturated heterocycles. The van der Waals surface area contributed by atoms with Gasteiger partial charge >= 0.3 is 6.09 Å². The average Bonchev–Trinajstić information content (AvgIpc) is 2.84. The molecule has 0 bridgehead atoms. The van der Waals surface area contributed by atoms with Crippen molar-refractivity contribution in [1.29, 1.82) is 5.26 Å². The number of piperidine rings is 1. The number of nitrogens with zero attached hydrogens (tertiary/aromatic N) is 3. The van der Waals surface area contributed by atoms with E-state index in [4.69, 9.17) is 37.9 Å². The number of pyridine rings is 1. The number of nitriles is 1. The van der Waals surface area contributed by atoms with Crippen molar-refractivity contribution in [3.8, 4) is 11.8 Å². The highest BCUT2D eigenvalue weighted by atomic mass is 35.5. The molecule has 2 heterocycles. The van der Waals surface area contributed by atoms with Crippen LogP contribution in [0.3, 0.4) is 0 Å². The van der Waals surface area contributed by atoms with Gasteiger partial charge in [0.25, 0.3) is 0 Å². The molecule has 1 amide bonds. The van der Waals surface area contributed by atoms with E-state index in [9.17, 15) is 4.79 Å². The number of likely N-dealkylation sites (tertiary alicyclic amines) is 1. The molecule has 0 aliphatic carbocycles. The third-order valence-electron chi connectivity index (χ3n) is 5.44. The second-order valence-corrected chi connectivity index (χ2v) is 8.44. The molecule has 1 atom stereocenters. The predicted molar refractivity (Wildman–Crippen MR) is 125 cm³/mol. The number of carbonyl (C=O) groups is 1. The third kappa shape index (κ3) is 5.82. The quantitative estimate of drug-likeness (QED) is 0.415. The molecule has 8 heteroatoms. The van der Waals surface area contributed by atoms with Crippen LogP contribution >= 0.6 is 23.2 Å². The highest BCUT2D eigenvalue weighted by Gasteiger charge is 2.28. The van der Waals surface area contributed by atoms with Gasteiger partial charge in [-0.1, -0.05) is 47.5 Å². The van der Waals surface area contributed by atoms with Crippen molar-refractivity contribution in [2.75, 3.05) is 13.1 Å². The summed E-state index contributed by atoms with van der Waals surface area (Å²) in [6.07, 6.45) is 2.02. The summed E-state index contributed by atoms with van der Waals surface area (Å²) in [5.74, 6) is 0.353. The Balaban J connectivity index is 1.41. The van der Waals surface area contributed by atoms with Gasteiger partial charge in [0.05, 0.1) is 17.7 Å². The van der Waals surface area contributed by atoms with E-state index >= 15 is 0 Å². The molecule has 1 unspecified atom stereocenters. The van der Waals surface area contributed by atoms with Gasteiger partial charge < -0.3 is 14.4 Å². The van der Waals surface area contributed by atoms with Crippen LogP contribution in [0.25, 0.3) is 0 Å². The minimum atomic E-state index is -0.437. The fourth-order valence-electron chi connectivity index (χ4n) is 3.72. The molecule has 0 radical (unpaired) electrons. The maximum absolute atomic E-state index is 12.6. The molecule has 168 valence electrons. The Morgan fingerprint density at radius 2 is 1.85 bits per heavy atom. The van der Waals surface area contributed by atoms with Crippen molar-refractivity contribution in [3.63, 3.8) is 0 Å². The molecule has 0 N–H and O–H groups in total. The molecule has 0 saturated carbocycles. The Morgan fingerprint density at radius 1 is 1.09 bits per heavy atom. The molecule has 1 aliphatic heterocycles. The van der Waals surface area contributed by atoms with E-state index < -0.39 is 12.2 Å². The summed E-state index contributed by atoms with van der Waals surface area (Å²) in [6.45, 7) is 0.991. The number of amides is 1. The van der Waals surface area contributed by atoms with E-state index in [0.29, 0.717) is 47.4 Å². The maximum atomic E-state index is 12.6. The van der Waals surface area contributed by atoms with Crippen LogP contribution in [0.15, 0.2) is 66.9 Å². The van der Waals surface area contributed by atoms with Crippen molar-refractivity contribution >= 4 is 29.3 Å². The number of rotatable bonds is 5. The number of hydrogen-bond acceptors (Lipinski definition) is 5. The Hall–Kier alpha value is -3.11. The minimum absolute atomic E-state index is 0.0760. The first kappa shape index (κ1) is 23.1. The van der Waals surface area contributed by atoms with Crippen LogP contribution in [-0.2, 0) is 4.74 Å². The smallest absolute Gasteiger partial charge is 0.410 e. The maximum Gasteiger partial charge on any atom is 0.415 e. The summed E-state index contributed by atoms with van der Waals surface area (Å²) in [4.78, 5) is 18.4. The van der Waals surface area contributed by atoms with Crippen LogP contribution in [0, 0.1) is 11.3 Å². The number of hydrogen-bond donors (Lipinski definition) is 0. The van der Waals surface area contributed by atoms with E-state index in [0.717, 1.165) is 11.1 Å². The van der Waals surface area contributed by atoms with Gasteiger partial charge in [-0.25, -0.2) is 9.78 Å². The van der Waals surface area contributed by atoms with Crippen molar-refractivity contribution in [2.24, 2.45) is 0 Å². The van der Waals surface area contributed by atoms with Gasteiger partial charge in [-0.05, 0) is 54.8 Å². The number of aromatic nitrogens is 1. The summed E-state index contributed by atoms with van der Waals surface area (Å²) in [5.41, 5.74) is 2.14. The lowest BCUT2D eigenvalue weighted by molar-refractivity contribution is -0.0236. The second-order valence-electron chi connectivity index (χ2n) is 7.65. The van der Waals surface area contributed by atoms with Crippen molar-refractivity contribution in [1.82, 2.24) is 9.88 Å².